The topological polar surface area (TPSA) is 43.8 Å². The van der Waals surface area contributed by atoms with E-state index in [0.29, 0.717) is 6.54 Å². The average molecular weight is 286 g/mol. The van der Waals surface area contributed by atoms with Crippen molar-refractivity contribution in [3.8, 4) is 0 Å². The third-order valence-electron chi connectivity index (χ3n) is 3.52. The van der Waals surface area contributed by atoms with Gasteiger partial charge in [0.2, 0.25) is 0 Å². The van der Waals surface area contributed by atoms with Crippen LogP contribution in [0.15, 0.2) is 42.5 Å². The zero-order valence-electron chi connectivity index (χ0n) is 12.6. The third-order valence-corrected chi connectivity index (χ3v) is 3.52. The number of fused-ring (bicyclic) bond motifs is 1. The number of hydrogen-bond donors (Lipinski definition) is 1. The molecule has 0 unspecified atom stereocenters. The molecule has 0 heterocycles. The van der Waals surface area contributed by atoms with E-state index in [4.69, 9.17) is 5.11 Å². The Hall–Kier alpha value is -2.07. The fraction of sp³-hybridized carbons (Fsp3) is 0.353. The Labute approximate surface area is 125 Å². The van der Waals surface area contributed by atoms with E-state index < -0.39 is 5.97 Å². The molecule has 0 radical (unpaired) electrons. The number of carbonyl (C=O) groups is 1. The number of carboxylic acids is 1. The van der Waals surface area contributed by atoms with Gasteiger partial charge < -0.3 is 14.9 Å². The number of anilines is 1. The first-order chi connectivity index (χ1) is 10.1. The summed E-state index contributed by atoms with van der Waals surface area (Å²) in [4.78, 5) is 15.2. The van der Waals surface area contributed by atoms with E-state index in [1.165, 1.54) is 10.8 Å². The van der Waals surface area contributed by atoms with Crippen molar-refractivity contribution in [3.63, 3.8) is 0 Å². The second kappa shape index (κ2) is 7.09. The van der Waals surface area contributed by atoms with Crippen molar-refractivity contribution in [1.82, 2.24) is 4.90 Å². The molecule has 4 nitrogen and oxygen atoms in total. The molecule has 0 aliphatic rings. The molecular formula is C17H22N2O2. The molecule has 0 atom stereocenters. The molecular weight excluding hydrogens is 264 g/mol. The van der Waals surface area contributed by atoms with Gasteiger partial charge in [0.15, 0.2) is 0 Å². The Bertz CT molecular complexity index is 605. The van der Waals surface area contributed by atoms with E-state index in [1.807, 2.05) is 32.3 Å². The van der Waals surface area contributed by atoms with E-state index >= 15 is 0 Å². The molecule has 0 saturated carbocycles. The predicted octanol–water partition coefficient (Wildman–Crippen LogP) is 2.68. The van der Waals surface area contributed by atoms with E-state index in [0.717, 1.165) is 18.8 Å². The van der Waals surface area contributed by atoms with Crippen LogP contribution in [0.4, 0.5) is 5.69 Å². The summed E-state index contributed by atoms with van der Waals surface area (Å²) in [6, 6.07) is 14.4. The van der Waals surface area contributed by atoms with Crippen molar-refractivity contribution < 1.29 is 9.90 Å². The van der Waals surface area contributed by atoms with Gasteiger partial charge >= 0.3 is 5.97 Å². The van der Waals surface area contributed by atoms with Gasteiger partial charge in [0.1, 0.15) is 0 Å². The smallest absolute Gasteiger partial charge is 0.305 e. The van der Waals surface area contributed by atoms with Crippen LogP contribution in [0.3, 0.4) is 0 Å². The number of nitrogens with zero attached hydrogens (tertiary/aromatic N) is 2. The minimum absolute atomic E-state index is 0.149. The van der Waals surface area contributed by atoms with Crippen LogP contribution in [0.5, 0.6) is 0 Å². The largest absolute Gasteiger partial charge is 0.481 e. The highest BCUT2D eigenvalue weighted by atomic mass is 16.4. The molecule has 1 N–H and O–H groups in total. The number of rotatable bonds is 7. The maximum atomic E-state index is 10.9. The Morgan fingerprint density at radius 3 is 2.43 bits per heavy atom. The molecule has 4 heteroatoms. The maximum absolute atomic E-state index is 10.9. The minimum Gasteiger partial charge on any atom is -0.481 e. The Morgan fingerprint density at radius 2 is 1.71 bits per heavy atom. The Kier molecular flexibility index (Phi) is 5.17. The Balaban J connectivity index is 2.30. The van der Waals surface area contributed by atoms with Crippen LogP contribution in [-0.4, -0.2) is 49.7 Å². The maximum Gasteiger partial charge on any atom is 0.305 e. The van der Waals surface area contributed by atoms with Gasteiger partial charge in [-0.05, 0) is 25.5 Å². The first-order valence-corrected chi connectivity index (χ1v) is 7.17. The van der Waals surface area contributed by atoms with Crippen molar-refractivity contribution in [3.05, 3.63) is 42.5 Å². The van der Waals surface area contributed by atoms with E-state index in [1.54, 1.807) is 0 Å². The summed E-state index contributed by atoms with van der Waals surface area (Å²) in [6.07, 6.45) is 0.149. The molecule has 0 aliphatic carbocycles. The van der Waals surface area contributed by atoms with Gasteiger partial charge in [-0.2, -0.15) is 0 Å². The number of carboxylic acid groups (broad SMARTS) is 1. The lowest BCUT2D eigenvalue weighted by Gasteiger charge is -2.27. The molecule has 0 fully saturated rings. The summed E-state index contributed by atoms with van der Waals surface area (Å²) in [6.45, 7) is 2.23. The SMILES string of the molecule is CN(C)CCN(CCC(=O)O)c1cccc2ccccc12. The number of benzene rings is 2. The lowest BCUT2D eigenvalue weighted by molar-refractivity contribution is -0.136. The van der Waals surface area contributed by atoms with Crippen LogP contribution in [0.25, 0.3) is 10.8 Å². The molecule has 112 valence electrons. The lowest BCUT2D eigenvalue weighted by Crippen LogP contribution is -2.33. The van der Waals surface area contributed by atoms with Crippen LogP contribution in [-0.2, 0) is 4.79 Å². The molecule has 2 aromatic carbocycles. The van der Waals surface area contributed by atoms with Gasteiger partial charge in [-0.1, -0.05) is 36.4 Å². The van der Waals surface area contributed by atoms with Crippen molar-refractivity contribution in [1.29, 1.82) is 0 Å². The Morgan fingerprint density at radius 1 is 1.00 bits per heavy atom. The summed E-state index contributed by atoms with van der Waals surface area (Å²) in [7, 11) is 4.05. The molecule has 2 aromatic rings. The second-order valence-electron chi connectivity index (χ2n) is 5.43. The normalized spacial score (nSPS) is 11.0. The van der Waals surface area contributed by atoms with Gasteiger partial charge in [0, 0.05) is 30.7 Å². The molecule has 0 spiro atoms. The minimum atomic E-state index is -0.759. The van der Waals surface area contributed by atoms with Gasteiger partial charge in [-0.15, -0.1) is 0 Å². The van der Waals surface area contributed by atoms with Gasteiger partial charge in [-0.25, -0.2) is 0 Å². The molecule has 0 saturated heterocycles. The fourth-order valence-corrected chi connectivity index (χ4v) is 2.39. The zero-order chi connectivity index (χ0) is 15.2. The van der Waals surface area contributed by atoms with Gasteiger partial charge in [-0.3, -0.25) is 4.79 Å². The number of hydrogen-bond acceptors (Lipinski definition) is 3. The molecule has 21 heavy (non-hydrogen) atoms. The van der Waals surface area contributed by atoms with Crippen molar-refractivity contribution >= 4 is 22.4 Å². The van der Waals surface area contributed by atoms with Gasteiger partial charge in [0.05, 0.1) is 6.42 Å². The quantitative estimate of drug-likeness (QED) is 0.850. The zero-order valence-corrected chi connectivity index (χ0v) is 12.6. The van der Waals surface area contributed by atoms with Crippen LogP contribution in [0, 0.1) is 0 Å². The first-order valence-electron chi connectivity index (χ1n) is 7.17. The molecule has 0 amide bonds. The number of aliphatic carboxylic acids is 1. The molecule has 2 rings (SSSR count). The fourth-order valence-electron chi connectivity index (χ4n) is 2.39. The van der Waals surface area contributed by atoms with Crippen LogP contribution >= 0.6 is 0 Å². The average Bonchev–Trinajstić information content (AvgIpc) is 2.46. The first kappa shape index (κ1) is 15.3. The molecule has 0 aliphatic heterocycles. The lowest BCUT2D eigenvalue weighted by atomic mass is 10.1. The number of likely N-dealkylation sites (N-methyl/N-ethyl adjacent to an activating group) is 1. The second-order valence-corrected chi connectivity index (χ2v) is 5.43. The van der Waals surface area contributed by atoms with E-state index in [-0.39, 0.29) is 6.42 Å². The highest BCUT2D eigenvalue weighted by Gasteiger charge is 2.11. The van der Waals surface area contributed by atoms with Crippen LogP contribution in [0.1, 0.15) is 6.42 Å². The summed E-state index contributed by atoms with van der Waals surface area (Å²) in [5, 5.41) is 11.3. The summed E-state index contributed by atoms with van der Waals surface area (Å²) in [5.74, 6) is -0.759. The predicted molar refractivity (Wildman–Crippen MR) is 87.0 cm³/mol. The molecule has 0 aromatic heterocycles. The van der Waals surface area contributed by atoms with Crippen LogP contribution in [0.2, 0.25) is 0 Å². The highest BCUT2D eigenvalue weighted by molar-refractivity contribution is 5.94. The highest BCUT2D eigenvalue weighted by Crippen LogP contribution is 2.26. The van der Waals surface area contributed by atoms with Gasteiger partial charge in [0.25, 0.3) is 0 Å². The summed E-state index contributed by atoms with van der Waals surface area (Å²) < 4.78 is 0. The van der Waals surface area contributed by atoms with E-state index in [2.05, 4.69) is 34.1 Å². The summed E-state index contributed by atoms with van der Waals surface area (Å²) in [5.41, 5.74) is 1.11. The monoisotopic (exact) mass is 286 g/mol. The van der Waals surface area contributed by atoms with Crippen molar-refractivity contribution in [2.75, 3.05) is 38.6 Å². The standard InChI is InChI=1S/C17H22N2O2/c1-18(2)12-13-19(11-10-17(20)21)16-9-5-7-14-6-3-4-8-15(14)16/h3-9H,10-13H2,1-2H3,(H,20,21). The van der Waals surface area contributed by atoms with Crippen molar-refractivity contribution in [2.24, 2.45) is 0 Å². The summed E-state index contributed by atoms with van der Waals surface area (Å²) >= 11 is 0. The third kappa shape index (κ3) is 4.20. The van der Waals surface area contributed by atoms with Crippen LogP contribution < -0.4 is 4.90 Å². The van der Waals surface area contributed by atoms with E-state index in [9.17, 15) is 4.79 Å². The van der Waals surface area contributed by atoms with Crippen molar-refractivity contribution in [2.45, 2.75) is 6.42 Å². The molecule has 0 bridgehead atoms.